The van der Waals surface area contributed by atoms with Crippen LogP contribution in [0.3, 0.4) is 0 Å². The van der Waals surface area contributed by atoms with Gasteiger partial charge in [-0.2, -0.15) is 0 Å². The number of carbonyl (C=O) groups excluding carboxylic acids is 1. The Morgan fingerprint density at radius 3 is 2.15 bits per heavy atom. The Morgan fingerprint density at radius 2 is 1.52 bits per heavy atom. The average Bonchev–Trinajstić information content (AvgIpc) is 2.68. The number of rotatable bonds is 7. The zero-order valence-electron chi connectivity index (χ0n) is 14.8. The summed E-state index contributed by atoms with van der Waals surface area (Å²) in [4.78, 5) is 12.6. The van der Waals surface area contributed by atoms with Crippen LogP contribution in [0.15, 0.2) is 78.9 Å². The van der Waals surface area contributed by atoms with E-state index in [1.54, 1.807) is 60.7 Å². The average molecular weight is 381 g/mol. The number of anilines is 1. The van der Waals surface area contributed by atoms with Crippen molar-refractivity contribution in [2.45, 2.75) is 5.75 Å². The predicted octanol–water partition coefficient (Wildman–Crippen LogP) is 3.87. The number of hydrogen-bond donors (Lipinski definition) is 1. The Kier molecular flexibility index (Phi) is 5.57. The van der Waals surface area contributed by atoms with Crippen LogP contribution >= 0.6 is 0 Å². The Morgan fingerprint density at radius 1 is 0.889 bits per heavy atom. The molecule has 0 unspecified atom stereocenters. The number of ether oxygens (including phenoxy) is 1. The molecular formula is C21H19NO4S. The summed E-state index contributed by atoms with van der Waals surface area (Å²) in [7, 11) is -2.22. The fourth-order valence-electron chi connectivity index (χ4n) is 2.68. The maximum Gasteiger partial charge on any atom is 0.237 e. The highest BCUT2D eigenvalue weighted by atomic mass is 32.2. The van der Waals surface area contributed by atoms with Gasteiger partial charge in [0.2, 0.25) is 10.0 Å². The van der Waals surface area contributed by atoms with Crippen molar-refractivity contribution in [1.29, 1.82) is 0 Å². The lowest BCUT2D eigenvalue weighted by atomic mass is 10.0. The standard InChI is InChI=1S/C21H19NO4S/c1-26-20-13-12-18(21(23)17-10-6-3-7-11-17)14-19(20)22-27(24,25)15-16-8-4-2-5-9-16/h2-14,22H,15H2,1H3. The molecule has 0 aliphatic heterocycles. The van der Waals surface area contributed by atoms with Crippen LogP contribution in [0.4, 0.5) is 5.69 Å². The van der Waals surface area contributed by atoms with Crippen molar-refractivity contribution in [3.8, 4) is 5.75 Å². The molecule has 0 atom stereocenters. The van der Waals surface area contributed by atoms with Gasteiger partial charge in [0.05, 0.1) is 18.6 Å². The minimum absolute atomic E-state index is 0.173. The highest BCUT2D eigenvalue weighted by molar-refractivity contribution is 7.91. The zero-order valence-corrected chi connectivity index (χ0v) is 15.6. The molecule has 5 nitrogen and oxygen atoms in total. The van der Waals surface area contributed by atoms with Gasteiger partial charge >= 0.3 is 0 Å². The monoisotopic (exact) mass is 381 g/mol. The Labute approximate surface area is 158 Å². The number of sulfonamides is 1. The molecule has 6 heteroatoms. The molecule has 0 amide bonds. The molecule has 0 aliphatic carbocycles. The summed E-state index contributed by atoms with van der Waals surface area (Å²) >= 11 is 0. The van der Waals surface area contributed by atoms with Gasteiger partial charge in [-0.3, -0.25) is 9.52 Å². The molecule has 0 aliphatic rings. The largest absolute Gasteiger partial charge is 0.495 e. The van der Waals surface area contributed by atoms with Crippen LogP contribution in [0, 0.1) is 0 Å². The number of ketones is 1. The Balaban J connectivity index is 1.89. The van der Waals surface area contributed by atoms with Gasteiger partial charge in [-0.05, 0) is 23.8 Å². The first-order chi connectivity index (χ1) is 13.0. The van der Waals surface area contributed by atoms with E-state index < -0.39 is 10.0 Å². The third-order valence-corrected chi connectivity index (χ3v) is 5.21. The lowest BCUT2D eigenvalue weighted by Gasteiger charge is -2.13. The third-order valence-electron chi connectivity index (χ3n) is 3.96. The van der Waals surface area contributed by atoms with Crippen molar-refractivity contribution in [3.63, 3.8) is 0 Å². The second-order valence-electron chi connectivity index (χ2n) is 5.96. The van der Waals surface area contributed by atoms with Gasteiger partial charge in [0.1, 0.15) is 5.75 Å². The number of methoxy groups -OCH3 is 1. The summed E-state index contributed by atoms with van der Waals surface area (Å²) in [6.07, 6.45) is 0. The Bertz CT molecular complexity index is 1030. The number of benzene rings is 3. The zero-order chi connectivity index (χ0) is 19.3. The van der Waals surface area contributed by atoms with E-state index in [1.165, 1.54) is 13.2 Å². The van der Waals surface area contributed by atoms with Gasteiger partial charge in [0.15, 0.2) is 5.78 Å². The van der Waals surface area contributed by atoms with E-state index in [1.807, 2.05) is 12.1 Å². The van der Waals surface area contributed by atoms with Gasteiger partial charge in [-0.15, -0.1) is 0 Å². The van der Waals surface area contributed by atoms with Gasteiger partial charge < -0.3 is 4.74 Å². The second kappa shape index (κ2) is 8.05. The first-order valence-corrected chi connectivity index (χ1v) is 9.96. The summed E-state index contributed by atoms with van der Waals surface area (Å²) in [5.74, 6) is -0.0218. The van der Waals surface area contributed by atoms with E-state index in [0.717, 1.165) is 0 Å². The summed E-state index contributed by atoms with van der Waals surface area (Å²) in [5, 5.41) is 0. The molecule has 0 heterocycles. The van der Waals surface area contributed by atoms with Crippen LogP contribution in [-0.4, -0.2) is 21.3 Å². The summed E-state index contributed by atoms with van der Waals surface area (Å²) < 4.78 is 32.8. The van der Waals surface area contributed by atoms with Gasteiger partial charge in [0.25, 0.3) is 0 Å². The van der Waals surface area contributed by atoms with E-state index >= 15 is 0 Å². The first-order valence-electron chi connectivity index (χ1n) is 8.31. The van der Waals surface area contributed by atoms with E-state index in [-0.39, 0.29) is 17.2 Å². The van der Waals surface area contributed by atoms with Gasteiger partial charge in [-0.25, -0.2) is 8.42 Å². The van der Waals surface area contributed by atoms with Crippen LogP contribution in [0.25, 0.3) is 0 Å². The van der Waals surface area contributed by atoms with Crippen LogP contribution in [0.5, 0.6) is 5.75 Å². The van der Waals surface area contributed by atoms with E-state index in [9.17, 15) is 13.2 Å². The van der Waals surface area contributed by atoms with Crippen molar-refractivity contribution in [3.05, 3.63) is 95.6 Å². The SMILES string of the molecule is COc1ccc(C(=O)c2ccccc2)cc1NS(=O)(=O)Cc1ccccc1. The van der Waals surface area contributed by atoms with Crippen molar-refractivity contribution in [1.82, 2.24) is 0 Å². The number of carbonyl (C=O) groups is 1. The van der Waals surface area contributed by atoms with Crippen molar-refractivity contribution < 1.29 is 17.9 Å². The van der Waals surface area contributed by atoms with Gasteiger partial charge in [-0.1, -0.05) is 60.7 Å². The quantitative estimate of drug-likeness (QED) is 0.631. The predicted molar refractivity (Wildman–Crippen MR) is 106 cm³/mol. The fourth-order valence-corrected chi connectivity index (χ4v) is 3.88. The summed E-state index contributed by atoms with van der Waals surface area (Å²) in [6, 6.07) is 22.4. The van der Waals surface area contributed by atoms with E-state index in [4.69, 9.17) is 4.74 Å². The smallest absolute Gasteiger partial charge is 0.237 e. The molecule has 0 aromatic heterocycles. The number of hydrogen-bond acceptors (Lipinski definition) is 4. The van der Waals surface area contributed by atoms with Crippen LogP contribution in [0.2, 0.25) is 0 Å². The molecule has 1 N–H and O–H groups in total. The summed E-state index contributed by atoms with van der Waals surface area (Å²) in [5.41, 5.74) is 1.80. The molecule has 3 rings (SSSR count). The molecule has 3 aromatic carbocycles. The highest BCUT2D eigenvalue weighted by Crippen LogP contribution is 2.28. The van der Waals surface area contributed by atoms with E-state index in [2.05, 4.69) is 4.72 Å². The second-order valence-corrected chi connectivity index (χ2v) is 7.68. The maximum absolute atomic E-state index is 12.6. The third kappa shape index (κ3) is 4.74. The van der Waals surface area contributed by atoms with Crippen LogP contribution in [-0.2, 0) is 15.8 Å². The molecule has 0 fully saturated rings. The molecule has 0 spiro atoms. The summed E-state index contributed by atoms with van der Waals surface area (Å²) in [6.45, 7) is 0. The van der Waals surface area contributed by atoms with Gasteiger partial charge in [0, 0.05) is 11.1 Å². The van der Waals surface area contributed by atoms with Crippen LogP contribution < -0.4 is 9.46 Å². The molecular weight excluding hydrogens is 362 g/mol. The van der Waals surface area contributed by atoms with Crippen LogP contribution in [0.1, 0.15) is 21.5 Å². The minimum Gasteiger partial charge on any atom is -0.495 e. The highest BCUT2D eigenvalue weighted by Gasteiger charge is 2.17. The van der Waals surface area contributed by atoms with Crippen molar-refractivity contribution in [2.24, 2.45) is 0 Å². The molecule has 138 valence electrons. The normalized spacial score (nSPS) is 11.0. The minimum atomic E-state index is -3.67. The lowest BCUT2D eigenvalue weighted by molar-refractivity contribution is 0.103. The maximum atomic E-state index is 12.6. The number of nitrogens with one attached hydrogen (secondary N) is 1. The topological polar surface area (TPSA) is 72.5 Å². The lowest BCUT2D eigenvalue weighted by Crippen LogP contribution is -2.16. The molecule has 0 saturated carbocycles. The van der Waals surface area contributed by atoms with E-state index in [0.29, 0.717) is 22.4 Å². The molecule has 0 bridgehead atoms. The molecule has 3 aromatic rings. The van der Waals surface area contributed by atoms with Crippen molar-refractivity contribution in [2.75, 3.05) is 11.8 Å². The first kappa shape index (κ1) is 18.7. The molecule has 27 heavy (non-hydrogen) atoms. The van der Waals surface area contributed by atoms with Crippen molar-refractivity contribution >= 4 is 21.5 Å². The Hall–Kier alpha value is -3.12. The molecule has 0 saturated heterocycles. The fraction of sp³-hybridized carbons (Fsp3) is 0.0952. The molecule has 0 radical (unpaired) electrons.